The molecule has 0 aromatic carbocycles. The van der Waals surface area contributed by atoms with E-state index in [0.29, 0.717) is 6.54 Å². The average Bonchev–Trinajstić information content (AvgIpc) is 2.70. The number of nitrogens with zero attached hydrogens (tertiary/aromatic N) is 1. The maximum Gasteiger partial charge on any atom is 0.236 e. The lowest BCUT2D eigenvalue weighted by molar-refractivity contribution is -0.122. The van der Waals surface area contributed by atoms with Crippen LogP contribution in [-0.4, -0.2) is 37.5 Å². The van der Waals surface area contributed by atoms with Gasteiger partial charge in [0, 0.05) is 6.54 Å². The van der Waals surface area contributed by atoms with Gasteiger partial charge in [-0.25, -0.2) is 0 Å². The molecule has 3 N–H and O–H groups in total. The van der Waals surface area contributed by atoms with Gasteiger partial charge in [-0.2, -0.15) is 0 Å². The molecule has 0 fully saturated rings. The molecule has 1 heterocycles. The van der Waals surface area contributed by atoms with E-state index >= 15 is 0 Å². The Balaban J connectivity index is 2.57. The molecule has 0 spiro atoms. The summed E-state index contributed by atoms with van der Waals surface area (Å²) in [6.45, 7) is 2.15. The van der Waals surface area contributed by atoms with E-state index in [9.17, 15) is 4.79 Å². The molecule has 1 amide bonds. The van der Waals surface area contributed by atoms with Gasteiger partial charge >= 0.3 is 0 Å². The normalized spacial score (nSPS) is 14.8. The van der Waals surface area contributed by atoms with E-state index in [-0.39, 0.29) is 11.9 Å². The second-order valence-electron chi connectivity index (χ2n) is 4.03. The van der Waals surface area contributed by atoms with Crippen molar-refractivity contribution in [1.29, 1.82) is 0 Å². The molecule has 0 bridgehead atoms. The number of nitrogens with one attached hydrogen (secondary N) is 1. The van der Waals surface area contributed by atoms with Crippen LogP contribution in [-0.2, 0) is 4.79 Å². The monoisotopic (exact) mass is 225 g/mol. The minimum atomic E-state index is -0.487. The van der Waals surface area contributed by atoms with Crippen LogP contribution in [0.25, 0.3) is 0 Å². The highest BCUT2D eigenvalue weighted by molar-refractivity contribution is 5.80. The third kappa shape index (κ3) is 3.36. The Labute approximate surface area is 95.6 Å². The van der Waals surface area contributed by atoms with E-state index in [0.717, 1.165) is 5.76 Å². The Bertz CT molecular complexity index is 320. The fourth-order valence-corrected chi connectivity index (χ4v) is 1.38. The second kappa shape index (κ2) is 5.67. The van der Waals surface area contributed by atoms with Crippen LogP contribution in [0.4, 0.5) is 0 Å². The first-order valence-electron chi connectivity index (χ1n) is 5.25. The number of hydrogen-bond acceptors (Lipinski definition) is 4. The quantitative estimate of drug-likeness (QED) is 0.758. The number of furan rings is 1. The fourth-order valence-electron chi connectivity index (χ4n) is 1.38. The summed E-state index contributed by atoms with van der Waals surface area (Å²) in [6, 6.07) is 3.26. The van der Waals surface area contributed by atoms with Crippen molar-refractivity contribution in [2.75, 3.05) is 20.6 Å². The van der Waals surface area contributed by atoms with Crippen LogP contribution in [0.2, 0.25) is 0 Å². The van der Waals surface area contributed by atoms with Crippen LogP contribution >= 0.6 is 0 Å². The van der Waals surface area contributed by atoms with E-state index in [1.807, 2.05) is 31.1 Å². The van der Waals surface area contributed by atoms with E-state index < -0.39 is 6.04 Å². The highest BCUT2D eigenvalue weighted by Crippen LogP contribution is 2.17. The third-order valence-electron chi connectivity index (χ3n) is 2.38. The molecule has 1 aromatic rings. The van der Waals surface area contributed by atoms with Gasteiger partial charge in [0.15, 0.2) is 0 Å². The van der Waals surface area contributed by atoms with E-state index in [4.69, 9.17) is 10.2 Å². The lowest BCUT2D eigenvalue weighted by atomic mass is 10.2. The van der Waals surface area contributed by atoms with Gasteiger partial charge in [-0.05, 0) is 33.2 Å². The number of nitrogens with two attached hydrogens (primary N) is 1. The molecule has 1 rings (SSSR count). The molecule has 90 valence electrons. The topological polar surface area (TPSA) is 71.5 Å². The molecular formula is C11H19N3O2. The maximum atomic E-state index is 11.4. The van der Waals surface area contributed by atoms with Crippen LogP contribution in [0.5, 0.6) is 0 Å². The minimum Gasteiger partial charge on any atom is -0.468 e. The summed E-state index contributed by atoms with van der Waals surface area (Å²) >= 11 is 0. The first-order valence-corrected chi connectivity index (χ1v) is 5.25. The SMILES string of the molecule is CC(N)C(=O)NCC(c1ccco1)N(C)C. The molecule has 2 atom stereocenters. The van der Waals surface area contributed by atoms with Gasteiger partial charge in [-0.3, -0.25) is 9.69 Å². The van der Waals surface area contributed by atoms with Gasteiger partial charge in [-0.1, -0.05) is 0 Å². The summed E-state index contributed by atoms with van der Waals surface area (Å²) < 4.78 is 5.33. The van der Waals surface area contributed by atoms with E-state index in [2.05, 4.69) is 5.32 Å². The standard InChI is InChI=1S/C11H19N3O2/c1-8(12)11(15)13-7-9(14(2)3)10-5-4-6-16-10/h4-6,8-9H,7,12H2,1-3H3,(H,13,15). The second-order valence-corrected chi connectivity index (χ2v) is 4.03. The Morgan fingerprint density at radius 2 is 2.31 bits per heavy atom. The summed E-state index contributed by atoms with van der Waals surface area (Å²) in [5.41, 5.74) is 5.47. The summed E-state index contributed by atoms with van der Waals surface area (Å²) in [6.07, 6.45) is 1.62. The number of carbonyl (C=O) groups is 1. The molecule has 5 nitrogen and oxygen atoms in total. The smallest absolute Gasteiger partial charge is 0.236 e. The number of hydrogen-bond donors (Lipinski definition) is 2. The van der Waals surface area contributed by atoms with E-state index in [1.54, 1.807) is 13.2 Å². The molecular weight excluding hydrogens is 206 g/mol. The summed E-state index contributed by atoms with van der Waals surface area (Å²) in [5, 5.41) is 2.79. The molecule has 0 aliphatic rings. The molecule has 5 heteroatoms. The van der Waals surface area contributed by atoms with Crippen LogP contribution in [0.3, 0.4) is 0 Å². The highest BCUT2D eigenvalue weighted by atomic mass is 16.3. The fraction of sp³-hybridized carbons (Fsp3) is 0.545. The lowest BCUT2D eigenvalue weighted by Crippen LogP contribution is -2.42. The molecule has 0 saturated carbocycles. The van der Waals surface area contributed by atoms with Gasteiger partial charge in [-0.15, -0.1) is 0 Å². The first kappa shape index (κ1) is 12.7. The molecule has 0 radical (unpaired) electrons. The molecule has 0 aliphatic carbocycles. The Kier molecular flexibility index (Phi) is 4.52. The zero-order chi connectivity index (χ0) is 12.1. The van der Waals surface area contributed by atoms with Gasteiger partial charge < -0.3 is 15.5 Å². The summed E-state index contributed by atoms with van der Waals surface area (Å²) in [4.78, 5) is 13.3. The Morgan fingerprint density at radius 3 is 2.75 bits per heavy atom. The first-order chi connectivity index (χ1) is 7.52. The van der Waals surface area contributed by atoms with Crippen molar-refractivity contribution in [1.82, 2.24) is 10.2 Å². The lowest BCUT2D eigenvalue weighted by Gasteiger charge is -2.23. The van der Waals surface area contributed by atoms with Crippen molar-refractivity contribution in [3.05, 3.63) is 24.2 Å². The number of likely N-dealkylation sites (N-methyl/N-ethyl adjacent to an activating group) is 1. The zero-order valence-electron chi connectivity index (χ0n) is 9.93. The number of rotatable bonds is 5. The molecule has 1 aromatic heterocycles. The predicted octanol–water partition coefficient (Wildman–Crippen LogP) is 0.346. The minimum absolute atomic E-state index is 0.0256. The van der Waals surface area contributed by atoms with Crippen LogP contribution in [0, 0.1) is 0 Å². The number of carbonyl (C=O) groups excluding carboxylic acids is 1. The van der Waals surface area contributed by atoms with Crippen molar-refractivity contribution >= 4 is 5.91 Å². The highest BCUT2D eigenvalue weighted by Gasteiger charge is 2.18. The van der Waals surface area contributed by atoms with Crippen molar-refractivity contribution < 1.29 is 9.21 Å². The van der Waals surface area contributed by atoms with Crippen LogP contribution in [0.15, 0.2) is 22.8 Å². The van der Waals surface area contributed by atoms with Crippen molar-refractivity contribution in [3.63, 3.8) is 0 Å². The Hall–Kier alpha value is -1.33. The van der Waals surface area contributed by atoms with Gasteiger partial charge in [0.2, 0.25) is 5.91 Å². The van der Waals surface area contributed by atoms with Gasteiger partial charge in [0.05, 0.1) is 18.3 Å². The average molecular weight is 225 g/mol. The van der Waals surface area contributed by atoms with E-state index in [1.165, 1.54) is 0 Å². The van der Waals surface area contributed by atoms with Crippen molar-refractivity contribution in [2.24, 2.45) is 5.73 Å². The molecule has 2 unspecified atom stereocenters. The van der Waals surface area contributed by atoms with Crippen molar-refractivity contribution in [3.8, 4) is 0 Å². The Morgan fingerprint density at radius 1 is 1.62 bits per heavy atom. The van der Waals surface area contributed by atoms with Gasteiger partial charge in [0.25, 0.3) is 0 Å². The van der Waals surface area contributed by atoms with Crippen molar-refractivity contribution in [2.45, 2.75) is 19.0 Å². The largest absolute Gasteiger partial charge is 0.468 e. The molecule has 0 saturated heterocycles. The molecule has 0 aliphatic heterocycles. The third-order valence-corrected chi connectivity index (χ3v) is 2.38. The summed E-state index contributed by atoms with van der Waals surface area (Å²) in [5.74, 6) is 0.674. The number of amides is 1. The predicted molar refractivity (Wildman–Crippen MR) is 61.8 cm³/mol. The summed E-state index contributed by atoms with van der Waals surface area (Å²) in [7, 11) is 3.87. The molecule has 16 heavy (non-hydrogen) atoms. The maximum absolute atomic E-state index is 11.4. The van der Waals surface area contributed by atoms with Gasteiger partial charge in [0.1, 0.15) is 5.76 Å². The zero-order valence-corrected chi connectivity index (χ0v) is 9.93. The van der Waals surface area contributed by atoms with Crippen LogP contribution < -0.4 is 11.1 Å². The van der Waals surface area contributed by atoms with Crippen LogP contribution in [0.1, 0.15) is 18.7 Å².